The molecule has 0 aliphatic carbocycles. The fraction of sp³-hybridized carbons (Fsp3) is 0.474. The van der Waals surface area contributed by atoms with Crippen LogP contribution in [0.2, 0.25) is 0 Å². The minimum Gasteiger partial charge on any atom is -0.497 e. The van der Waals surface area contributed by atoms with Gasteiger partial charge in [-0.1, -0.05) is 12.1 Å². The Morgan fingerprint density at radius 3 is 2.76 bits per heavy atom. The Morgan fingerprint density at radius 1 is 1.28 bits per heavy atom. The summed E-state index contributed by atoms with van der Waals surface area (Å²) in [5.74, 6) is 1.69. The number of likely N-dealkylation sites (tertiary alicyclic amines) is 1. The first-order valence-corrected chi connectivity index (χ1v) is 8.72. The molecule has 1 aromatic carbocycles. The number of methoxy groups -OCH3 is 1. The van der Waals surface area contributed by atoms with Crippen molar-refractivity contribution < 1.29 is 9.84 Å². The number of anilines is 1. The first kappa shape index (κ1) is 17.6. The van der Waals surface area contributed by atoms with Crippen LogP contribution in [-0.2, 0) is 0 Å². The summed E-state index contributed by atoms with van der Waals surface area (Å²) >= 11 is 0. The highest BCUT2D eigenvalue weighted by atomic mass is 16.5. The van der Waals surface area contributed by atoms with Crippen molar-refractivity contribution in [1.29, 1.82) is 0 Å². The van der Waals surface area contributed by atoms with Crippen molar-refractivity contribution in [2.45, 2.75) is 25.0 Å². The van der Waals surface area contributed by atoms with Gasteiger partial charge in [-0.3, -0.25) is 0 Å². The maximum Gasteiger partial charge on any atom is 0.151 e. The molecule has 0 bridgehead atoms. The normalized spacial score (nSPS) is 17.2. The number of aliphatic hydroxyl groups is 1. The van der Waals surface area contributed by atoms with Crippen LogP contribution < -0.4 is 9.64 Å². The molecule has 6 heteroatoms. The third kappa shape index (κ3) is 4.46. The molecule has 0 radical (unpaired) electrons. The summed E-state index contributed by atoms with van der Waals surface area (Å²) < 4.78 is 5.24. The Labute approximate surface area is 149 Å². The second-order valence-corrected chi connectivity index (χ2v) is 6.52. The van der Waals surface area contributed by atoms with Crippen molar-refractivity contribution in [3.63, 3.8) is 0 Å². The summed E-state index contributed by atoms with van der Waals surface area (Å²) in [5.41, 5.74) is 0.901. The predicted octanol–water partition coefficient (Wildman–Crippen LogP) is 2.12. The molecule has 0 amide bonds. The van der Waals surface area contributed by atoms with E-state index in [-0.39, 0.29) is 0 Å². The molecule has 1 N–H and O–H groups in total. The number of aliphatic hydroxyl groups excluding tert-OH is 1. The van der Waals surface area contributed by atoms with Gasteiger partial charge >= 0.3 is 0 Å². The number of hydrogen-bond acceptors (Lipinski definition) is 6. The van der Waals surface area contributed by atoms with Crippen LogP contribution >= 0.6 is 0 Å². The van der Waals surface area contributed by atoms with E-state index in [2.05, 4.69) is 27.0 Å². The van der Waals surface area contributed by atoms with Gasteiger partial charge < -0.3 is 19.6 Å². The van der Waals surface area contributed by atoms with Crippen LogP contribution in [-0.4, -0.2) is 60.0 Å². The van der Waals surface area contributed by atoms with E-state index in [4.69, 9.17) is 4.74 Å². The molecule has 1 aromatic heterocycles. The summed E-state index contributed by atoms with van der Waals surface area (Å²) in [4.78, 5) is 4.54. The maximum absolute atomic E-state index is 10.5. The SMILES string of the molecule is COc1cccc(C(O)CN2CCC(N(C)c3cccnn3)CC2)c1. The fourth-order valence-corrected chi connectivity index (χ4v) is 3.36. The topological polar surface area (TPSA) is 61.7 Å². The third-order valence-corrected chi connectivity index (χ3v) is 4.93. The molecular weight excluding hydrogens is 316 g/mol. The number of β-amino-alcohol motifs (C(OH)–C–C–N with tert-alkyl or cyclic N) is 1. The highest BCUT2D eigenvalue weighted by Gasteiger charge is 2.25. The summed E-state index contributed by atoms with van der Waals surface area (Å²) in [7, 11) is 3.72. The van der Waals surface area contributed by atoms with E-state index < -0.39 is 6.10 Å². The van der Waals surface area contributed by atoms with Crippen LogP contribution in [0, 0.1) is 0 Å². The van der Waals surface area contributed by atoms with Crippen LogP contribution in [0.3, 0.4) is 0 Å². The van der Waals surface area contributed by atoms with Crippen molar-refractivity contribution in [2.75, 3.05) is 38.7 Å². The fourth-order valence-electron chi connectivity index (χ4n) is 3.36. The van der Waals surface area contributed by atoms with Gasteiger partial charge in [-0.2, -0.15) is 5.10 Å². The third-order valence-electron chi connectivity index (χ3n) is 4.93. The maximum atomic E-state index is 10.5. The monoisotopic (exact) mass is 342 g/mol. The molecule has 2 aromatic rings. The molecule has 1 unspecified atom stereocenters. The first-order chi connectivity index (χ1) is 12.2. The van der Waals surface area contributed by atoms with Gasteiger partial charge in [-0.05, 0) is 42.7 Å². The number of benzene rings is 1. The molecular formula is C19H26N4O2. The van der Waals surface area contributed by atoms with E-state index in [0.29, 0.717) is 12.6 Å². The average molecular weight is 342 g/mol. The number of nitrogens with zero attached hydrogens (tertiary/aromatic N) is 4. The van der Waals surface area contributed by atoms with Crippen LogP contribution in [0.25, 0.3) is 0 Å². The van der Waals surface area contributed by atoms with Crippen molar-refractivity contribution in [2.24, 2.45) is 0 Å². The van der Waals surface area contributed by atoms with Gasteiger partial charge in [0.15, 0.2) is 5.82 Å². The van der Waals surface area contributed by atoms with Gasteiger partial charge in [-0.15, -0.1) is 5.10 Å². The van der Waals surface area contributed by atoms with E-state index in [1.807, 2.05) is 36.4 Å². The van der Waals surface area contributed by atoms with Gasteiger partial charge in [0.25, 0.3) is 0 Å². The van der Waals surface area contributed by atoms with E-state index in [1.54, 1.807) is 13.3 Å². The van der Waals surface area contributed by atoms with Gasteiger partial charge in [0.05, 0.1) is 13.2 Å². The van der Waals surface area contributed by atoms with Gasteiger partial charge in [0.2, 0.25) is 0 Å². The van der Waals surface area contributed by atoms with Crippen LogP contribution in [0.5, 0.6) is 5.75 Å². The number of rotatable bonds is 6. The lowest BCUT2D eigenvalue weighted by Gasteiger charge is -2.37. The lowest BCUT2D eigenvalue weighted by molar-refractivity contribution is 0.0970. The molecule has 1 saturated heterocycles. The molecule has 6 nitrogen and oxygen atoms in total. The Balaban J connectivity index is 1.52. The van der Waals surface area contributed by atoms with Crippen molar-refractivity contribution >= 4 is 5.82 Å². The van der Waals surface area contributed by atoms with Gasteiger partial charge in [0, 0.05) is 38.9 Å². The van der Waals surface area contributed by atoms with Crippen molar-refractivity contribution in [3.05, 3.63) is 48.2 Å². The lowest BCUT2D eigenvalue weighted by Crippen LogP contribution is -2.44. The number of aromatic nitrogens is 2. The summed E-state index contributed by atoms with van der Waals surface area (Å²) in [6.45, 7) is 2.58. The van der Waals surface area contributed by atoms with Crippen LogP contribution in [0.15, 0.2) is 42.6 Å². The number of ether oxygens (including phenoxy) is 1. The van der Waals surface area contributed by atoms with E-state index in [1.165, 1.54) is 0 Å². The Kier molecular flexibility index (Phi) is 5.83. The molecule has 3 rings (SSSR count). The first-order valence-electron chi connectivity index (χ1n) is 8.72. The quantitative estimate of drug-likeness (QED) is 0.868. The zero-order valence-electron chi connectivity index (χ0n) is 14.9. The second kappa shape index (κ2) is 8.27. The molecule has 134 valence electrons. The largest absolute Gasteiger partial charge is 0.497 e. The van der Waals surface area contributed by atoms with Crippen LogP contribution in [0.1, 0.15) is 24.5 Å². The van der Waals surface area contributed by atoms with Gasteiger partial charge in [0.1, 0.15) is 5.75 Å². The molecule has 0 spiro atoms. The zero-order valence-corrected chi connectivity index (χ0v) is 14.9. The predicted molar refractivity (Wildman–Crippen MR) is 97.9 cm³/mol. The number of piperidine rings is 1. The minimum absolute atomic E-state index is 0.460. The Morgan fingerprint density at radius 2 is 2.08 bits per heavy atom. The van der Waals surface area contributed by atoms with Gasteiger partial charge in [-0.25, -0.2) is 0 Å². The van der Waals surface area contributed by atoms with E-state index in [9.17, 15) is 5.11 Å². The molecule has 1 atom stereocenters. The molecule has 1 aliphatic heterocycles. The Hall–Kier alpha value is -2.18. The smallest absolute Gasteiger partial charge is 0.151 e. The summed E-state index contributed by atoms with van der Waals surface area (Å²) in [6, 6.07) is 12.0. The van der Waals surface area contributed by atoms with Crippen molar-refractivity contribution in [3.8, 4) is 5.75 Å². The molecule has 25 heavy (non-hydrogen) atoms. The molecule has 2 heterocycles. The highest BCUT2D eigenvalue weighted by Crippen LogP contribution is 2.23. The lowest BCUT2D eigenvalue weighted by atomic mass is 10.0. The number of hydrogen-bond donors (Lipinski definition) is 1. The molecule has 0 saturated carbocycles. The summed E-state index contributed by atoms with van der Waals surface area (Å²) in [5, 5.41) is 18.7. The second-order valence-electron chi connectivity index (χ2n) is 6.52. The highest BCUT2D eigenvalue weighted by molar-refractivity contribution is 5.36. The zero-order chi connectivity index (χ0) is 17.6. The van der Waals surface area contributed by atoms with Crippen molar-refractivity contribution in [1.82, 2.24) is 15.1 Å². The van der Waals surface area contributed by atoms with E-state index >= 15 is 0 Å². The minimum atomic E-state index is -0.496. The molecule has 1 fully saturated rings. The molecule has 1 aliphatic rings. The Bertz CT molecular complexity index is 659. The van der Waals surface area contributed by atoms with E-state index in [0.717, 1.165) is 43.1 Å². The van der Waals surface area contributed by atoms with Crippen LogP contribution in [0.4, 0.5) is 5.82 Å². The summed E-state index contributed by atoms with van der Waals surface area (Å²) in [6.07, 6.45) is 3.31. The average Bonchev–Trinajstić information content (AvgIpc) is 2.68. The standard InChI is InChI=1S/C19H26N4O2/c1-22(19-7-4-10-20-21-19)16-8-11-23(12-9-16)14-18(24)15-5-3-6-17(13-15)25-2/h3-7,10,13,16,18,24H,8-9,11-12,14H2,1-2H3.